The van der Waals surface area contributed by atoms with Gasteiger partial charge in [-0.25, -0.2) is 0 Å². The van der Waals surface area contributed by atoms with Gasteiger partial charge in [0, 0.05) is 12.6 Å². The van der Waals surface area contributed by atoms with Gasteiger partial charge in [-0.3, -0.25) is 4.79 Å². The van der Waals surface area contributed by atoms with E-state index in [1.54, 1.807) is 12.1 Å². The highest BCUT2D eigenvalue weighted by molar-refractivity contribution is 5.77. The molecule has 0 bridgehead atoms. The van der Waals surface area contributed by atoms with Crippen molar-refractivity contribution in [1.29, 1.82) is 5.26 Å². The number of carbonyl (C=O) groups excluding carboxylic acids is 1. The summed E-state index contributed by atoms with van der Waals surface area (Å²) in [5.41, 5.74) is 6.71. The molecular formula is C14H19N3O3. The van der Waals surface area contributed by atoms with Crippen molar-refractivity contribution in [2.24, 2.45) is 5.73 Å². The summed E-state index contributed by atoms with van der Waals surface area (Å²) in [7, 11) is 1.53. The number of rotatable bonds is 7. The van der Waals surface area contributed by atoms with Crippen molar-refractivity contribution < 1.29 is 14.3 Å². The Balaban J connectivity index is 2.59. The second-order valence-corrected chi connectivity index (χ2v) is 4.25. The van der Waals surface area contributed by atoms with Crippen LogP contribution in [0, 0.1) is 11.3 Å². The zero-order valence-electron chi connectivity index (χ0n) is 11.7. The molecular weight excluding hydrogens is 258 g/mol. The minimum absolute atomic E-state index is 0.104. The summed E-state index contributed by atoms with van der Waals surface area (Å²) in [4.78, 5) is 11.5. The van der Waals surface area contributed by atoms with Gasteiger partial charge in [0.15, 0.2) is 18.1 Å². The third kappa shape index (κ3) is 4.78. The fraction of sp³-hybridized carbons (Fsp3) is 0.429. The highest BCUT2D eigenvalue weighted by Gasteiger charge is 2.10. The molecule has 0 saturated carbocycles. The SMILES string of the molecule is COc1cc(C(C)N)ccc1OCC(=O)NCCC#N. The van der Waals surface area contributed by atoms with Gasteiger partial charge in [-0.15, -0.1) is 0 Å². The first kappa shape index (κ1) is 15.8. The maximum absolute atomic E-state index is 11.5. The van der Waals surface area contributed by atoms with Crippen LogP contribution in [0.3, 0.4) is 0 Å². The van der Waals surface area contributed by atoms with E-state index in [2.05, 4.69) is 5.32 Å². The van der Waals surface area contributed by atoms with Gasteiger partial charge in [0.1, 0.15) is 0 Å². The molecule has 0 aliphatic carbocycles. The van der Waals surface area contributed by atoms with Gasteiger partial charge >= 0.3 is 0 Å². The number of ether oxygens (including phenoxy) is 2. The summed E-state index contributed by atoms with van der Waals surface area (Å²) in [6, 6.07) is 7.18. The minimum atomic E-state index is -0.279. The Hall–Kier alpha value is -2.26. The Labute approximate surface area is 118 Å². The zero-order valence-corrected chi connectivity index (χ0v) is 11.7. The van der Waals surface area contributed by atoms with Crippen molar-refractivity contribution in [1.82, 2.24) is 5.32 Å². The fourth-order valence-corrected chi connectivity index (χ4v) is 1.54. The summed E-state index contributed by atoms with van der Waals surface area (Å²) in [6.45, 7) is 2.07. The van der Waals surface area contributed by atoms with E-state index in [1.165, 1.54) is 7.11 Å². The molecule has 3 N–H and O–H groups in total. The van der Waals surface area contributed by atoms with E-state index in [-0.39, 0.29) is 25.0 Å². The number of nitrogens with zero attached hydrogens (tertiary/aromatic N) is 1. The van der Waals surface area contributed by atoms with Gasteiger partial charge in [0.25, 0.3) is 5.91 Å². The van der Waals surface area contributed by atoms with Gasteiger partial charge in [-0.1, -0.05) is 6.07 Å². The van der Waals surface area contributed by atoms with Crippen LogP contribution in [0.1, 0.15) is 24.9 Å². The average molecular weight is 277 g/mol. The van der Waals surface area contributed by atoms with E-state index >= 15 is 0 Å². The molecule has 1 aromatic carbocycles. The molecule has 1 atom stereocenters. The number of carbonyl (C=O) groups is 1. The average Bonchev–Trinajstić information content (AvgIpc) is 2.45. The molecule has 108 valence electrons. The van der Waals surface area contributed by atoms with Crippen molar-refractivity contribution in [3.63, 3.8) is 0 Å². The Bertz CT molecular complexity index is 495. The summed E-state index contributed by atoms with van der Waals surface area (Å²) in [5.74, 6) is 0.732. The normalized spacial score (nSPS) is 11.3. The van der Waals surface area contributed by atoms with Crippen molar-refractivity contribution >= 4 is 5.91 Å². The summed E-state index contributed by atoms with van der Waals surface area (Å²) >= 11 is 0. The molecule has 0 aliphatic heterocycles. The van der Waals surface area contributed by atoms with Crippen LogP contribution in [0.5, 0.6) is 11.5 Å². The van der Waals surface area contributed by atoms with Crippen molar-refractivity contribution in [3.8, 4) is 17.6 Å². The van der Waals surface area contributed by atoms with Crippen LogP contribution in [0.25, 0.3) is 0 Å². The number of hydrogen-bond donors (Lipinski definition) is 2. The molecule has 1 aromatic rings. The number of methoxy groups -OCH3 is 1. The largest absolute Gasteiger partial charge is 0.493 e. The molecule has 0 saturated heterocycles. The van der Waals surface area contributed by atoms with Crippen molar-refractivity contribution in [2.75, 3.05) is 20.3 Å². The quantitative estimate of drug-likeness (QED) is 0.728. The molecule has 20 heavy (non-hydrogen) atoms. The lowest BCUT2D eigenvalue weighted by Gasteiger charge is -2.13. The van der Waals surface area contributed by atoms with Crippen LogP contribution < -0.4 is 20.5 Å². The standard InChI is InChI=1S/C14H19N3O3/c1-10(16)11-4-5-12(13(8-11)19-2)20-9-14(18)17-7-3-6-15/h4-5,8,10H,3,7,9,16H2,1-2H3,(H,17,18). The van der Waals surface area contributed by atoms with E-state index in [9.17, 15) is 4.79 Å². The smallest absolute Gasteiger partial charge is 0.257 e. The molecule has 0 heterocycles. The van der Waals surface area contributed by atoms with Gasteiger partial charge in [-0.05, 0) is 24.6 Å². The third-order valence-corrected chi connectivity index (χ3v) is 2.63. The number of hydrogen-bond acceptors (Lipinski definition) is 5. The zero-order chi connectivity index (χ0) is 15.0. The van der Waals surface area contributed by atoms with E-state index in [1.807, 2.05) is 19.1 Å². The lowest BCUT2D eigenvalue weighted by molar-refractivity contribution is -0.123. The second kappa shape index (κ2) is 8.02. The lowest BCUT2D eigenvalue weighted by atomic mass is 10.1. The molecule has 1 unspecified atom stereocenters. The predicted octanol–water partition coefficient (Wildman–Crippen LogP) is 1.12. The highest BCUT2D eigenvalue weighted by Crippen LogP contribution is 2.29. The molecule has 6 heteroatoms. The van der Waals surface area contributed by atoms with Gasteiger partial charge in [0.2, 0.25) is 0 Å². The van der Waals surface area contributed by atoms with Crippen molar-refractivity contribution in [2.45, 2.75) is 19.4 Å². The Morgan fingerprint density at radius 2 is 2.25 bits per heavy atom. The van der Waals surface area contributed by atoms with Crippen LogP contribution in [0.15, 0.2) is 18.2 Å². The van der Waals surface area contributed by atoms with Crippen molar-refractivity contribution in [3.05, 3.63) is 23.8 Å². The fourth-order valence-electron chi connectivity index (χ4n) is 1.54. The van der Waals surface area contributed by atoms with Crippen LogP contribution in [0.4, 0.5) is 0 Å². The first-order valence-corrected chi connectivity index (χ1v) is 6.28. The Morgan fingerprint density at radius 3 is 2.85 bits per heavy atom. The van der Waals surface area contributed by atoms with E-state index in [4.69, 9.17) is 20.5 Å². The molecule has 1 rings (SSSR count). The predicted molar refractivity (Wildman–Crippen MR) is 74.3 cm³/mol. The Kier molecular flexibility index (Phi) is 6.33. The molecule has 1 amide bonds. The van der Waals surface area contributed by atoms with E-state index < -0.39 is 0 Å². The van der Waals surface area contributed by atoms with Gasteiger partial charge < -0.3 is 20.5 Å². The molecule has 0 fully saturated rings. The second-order valence-electron chi connectivity index (χ2n) is 4.25. The maximum atomic E-state index is 11.5. The van der Waals surface area contributed by atoms with Crippen LogP contribution in [0.2, 0.25) is 0 Å². The molecule has 0 aliphatic rings. The topological polar surface area (TPSA) is 97.4 Å². The first-order chi connectivity index (χ1) is 9.58. The molecule has 6 nitrogen and oxygen atoms in total. The monoisotopic (exact) mass is 277 g/mol. The first-order valence-electron chi connectivity index (χ1n) is 6.28. The molecule has 0 aromatic heterocycles. The van der Waals surface area contributed by atoms with Crippen LogP contribution in [-0.4, -0.2) is 26.2 Å². The molecule has 0 spiro atoms. The van der Waals surface area contributed by atoms with E-state index in [0.29, 0.717) is 18.0 Å². The van der Waals surface area contributed by atoms with Gasteiger partial charge in [-0.2, -0.15) is 5.26 Å². The number of nitriles is 1. The molecule has 0 radical (unpaired) electrons. The lowest BCUT2D eigenvalue weighted by Crippen LogP contribution is -2.29. The summed E-state index contributed by atoms with van der Waals surface area (Å²) in [5, 5.41) is 10.9. The summed E-state index contributed by atoms with van der Waals surface area (Å²) in [6.07, 6.45) is 0.276. The number of benzene rings is 1. The minimum Gasteiger partial charge on any atom is -0.493 e. The number of nitrogens with one attached hydrogen (secondary N) is 1. The number of amides is 1. The van der Waals surface area contributed by atoms with Crippen LogP contribution in [-0.2, 0) is 4.79 Å². The summed E-state index contributed by atoms with van der Waals surface area (Å²) < 4.78 is 10.6. The van der Waals surface area contributed by atoms with E-state index in [0.717, 1.165) is 5.56 Å². The number of nitrogens with two attached hydrogens (primary N) is 1. The van der Waals surface area contributed by atoms with Gasteiger partial charge in [0.05, 0.1) is 19.6 Å². The van der Waals surface area contributed by atoms with Crippen LogP contribution >= 0.6 is 0 Å². The highest BCUT2D eigenvalue weighted by atomic mass is 16.5. The third-order valence-electron chi connectivity index (χ3n) is 2.63. The maximum Gasteiger partial charge on any atom is 0.257 e. The Morgan fingerprint density at radius 1 is 1.50 bits per heavy atom.